The molecular weight excluding hydrogens is 392 g/mol. The van der Waals surface area contributed by atoms with Gasteiger partial charge in [-0.25, -0.2) is 8.78 Å². The van der Waals surface area contributed by atoms with E-state index in [-0.39, 0.29) is 36.4 Å². The summed E-state index contributed by atoms with van der Waals surface area (Å²) in [6.45, 7) is 0.264. The van der Waals surface area contributed by atoms with Gasteiger partial charge >= 0.3 is 0 Å². The third kappa shape index (κ3) is 3.66. The zero-order valence-corrected chi connectivity index (χ0v) is 15.8. The molecule has 0 atom stereocenters. The Balaban J connectivity index is 1.51. The number of aromatic nitrogens is 3. The molecule has 0 bridgehead atoms. The highest BCUT2D eigenvalue weighted by Crippen LogP contribution is 2.45. The summed E-state index contributed by atoms with van der Waals surface area (Å²) in [4.78, 5) is 15.5. The Morgan fingerprint density at radius 2 is 2.03 bits per heavy atom. The second-order valence-electron chi connectivity index (χ2n) is 7.37. The van der Waals surface area contributed by atoms with E-state index in [0.29, 0.717) is 17.1 Å². The topological polar surface area (TPSA) is 114 Å². The van der Waals surface area contributed by atoms with Crippen LogP contribution in [0.4, 0.5) is 14.6 Å². The van der Waals surface area contributed by atoms with Crippen LogP contribution in [0.25, 0.3) is 11.3 Å². The summed E-state index contributed by atoms with van der Waals surface area (Å²) in [5.41, 5.74) is 5.78. The number of nitrogens with zero attached hydrogens (tertiary/aromatic N) is 3. The van der Waals surface area contributed by atoms with E-state index in [9.17, 15) is 18.7 Å². The van der Waals surface area contributed by atoms with Gasteiger partial charge in [-0.3, -0.25) is 9.78 Å². The van der Waals surface area contributed by atoms with Gasteiger partial charge < -0.3 is 16.2 Å². The second kappa shape index (κ2) is 7.66. The van der Waals surface area contributed by atoms with Crippen LogP contribution < -0.4 is 11.1 Å². The maximum absolute atomic E-state index is 14.2. The number of hydrogen-bond acceptors (Lipinski definition) is 6. The molecule has 0 unspecified atom stereocenters. The molecule has 1 aliphatic rings. The van der Waals surface area contributed by atoms with Gasteiger partial charge in [0.2, 0.25) is 0 Å². The van der Waals surface area contributed by atoms with E-state index in [1.54, 1.807) is 18.2 Å². The fourth-order valence-corrected chi connectivity index (χ4v) is 3.72. The molecule has 2 heterocycles. The molecule has 9 heteroatoms. The number of alkyl halides is 1. The quantitative estimate of drug-likeness (QED) is 0.575. The Kier molecular flexibility index (Phi) is 5.03. The summed E-state index contributed by atoms with van der Waals surface area (Å²) in [5, 5.41) is 21.0. The summed E-state index contributed by atoms with van der Waals surface area (Å²) in [7, 11) is 0. The lowest BCUT2D eigenvalue weighted by Crippen LogP contribution is -2.49. The van der Waals surface area contributed by atoms with E-state index in [2.05, 4.69) is 20.5 Å². The van der Waals surface area contributed by atoms with Crippen LogP contribution in [0.1, 0.15) is 28.9 Å². The van der Waals surface area contributed by atoms with Gasteiger partial charge in [-0.2, -0.15) is 0 Å². The molecule has 4 N–H and O–H groups in total. The van der Waals surface area contributed by atoms with Crippen LogP contribution in [0.2, 0.25) is 0 Å². The zero-order chi connectivity index (χ0) is 21.3. The minimum Gasteiger partial charge on any atom is -0.507 e. The van der Waals surface area contributed by atoms with Crippen molar-refractivity contribution in [2.24, 2.45) is 5.73 Å². The van der Waals surface area contributed by atoms with E-state index < -0.39 is 23.3 Å². The van der Waals surface area contributed by atoms with E-state index in [1.807, 2.05) is 0 Å². The first-order valence-electron chi connectivity index (χ1n) is 9.34. The molecule has 1 aliphatic carbocycles. The number of phenols is 1. The highest BCUT2D eigenvalue weighted by Gasteiger charge is 2.48. The number of hydrogen-bond donors (Lipinski definition) is 3. The van der Waals surface area contributed by atoms with Crippen LogP contribution in [0.5, 0.6) is 5.75 Å². The molecule has 4 rings (SSSR count). The average molecular weight is 411 g/mol. The van der Waals surface area contributed by atoms with Crippen molar-refractivity contribution in [1.29, 1.82) is 0 Å². The molecule has 154 valence electrons. The Morgan fingerprint density at radius 3 is 2.67 bits per heavy atom. The Bertz CT molecular complexity index is 1090. The lowest BCUT2D eigenvalue weighted by Gasteiger charge is -2.44. The Labute approximate surface area is 171 Å². The lowest BCUT2D eigenvalue weighted by atomic mass is 9.65. The fourth-order valence-electron chi connectivity index (χ4n) is 3.72. The van der Waals surface area contributed by atoms with E-state index in [1.165, 1.54) is 30.5 Å². The molecule has 30 heavy (non-hydrogen) atoms. The molecular formula is C21H19F2N5O2. The molecule has 2 aromatic heterocycles. The molecule has 1 aromatic carbocycles. The standard InChI is InChI=1S/C21H19F2N5O2/c22-13-9-21(10-13,19-15(23)2-1-7-25-19)11-26-18-6-4-16(27-28-18)12-3-5-17(29)14(8-12)20(24)30/h1-8,13,29H,9-11H2,(H2,24,30)(H,26,28). The molecule has 1 fully saturated rings. The lowest BCUT2D eigenvalue weighted by molar-refractivity contribution is 0.0963. The second-order valence-corrected chi connectivity index (χ2v) is 7.37. The molecule has 0 spiro atoms. The number of nitrogens with two attached hydrogens (primary N) is 1. The molecule has 3 aromatic rings. The van der Waals surface area contributed by atoms with Gasteiger partial charge in [-0.05, 0) is 55.3 Å². The van der Waals surface area contributed by atoms with Gasteiger partial charge in [0.15, 0.2) is 0 Å². The van der Waals surface area contributed by atoms with Crippen molar-refractivity contribution in [2.75, 3.05) is 11.9 Å². The number of pyridine rings is 1. The minimum absolute atomic E-state index is 0.0124. The summed E-state index contributed by atoms with van der Waals surface area (Å²) in [6.07, 6.45) is 0.875. The van der Waals surface area contributed by atoms with E-state index in [4.69, 9.17) is 5.73 Å². The normalized spacial score (nSPS) is 20.4. The Morgan fingerprint density at radius 1 is 1.23 bits per heavy atom. The van der Waals surface area contributed by atoms with Crippen molar-refractivity contribution in [1.82, 2.24) is 15.2 Å². The number of carbonyl (C=O) groups is 1. The van der Waals surface area contributed by atoms with Crippen molar-refractivity contribution in [3.05, 3.63) is 65.7 Å². The zero-order valence-electron chi connectivity index (χ0n) is 15.8. The first-order chi connectivity index (χ1) is 14.4. The number of halogens is 2. The first-order valence-corrected chi connectivity index (χ1v) is 9.34. The number of amides is 1. The van der Waals surface area contributed by atoms with Crippen molar-refractivity contribution < 1.29 is 18.7 Å². The van der Waals surface area contributed by atoms with Crippen LogP contribution in [0.15, 0.2) is 48.7 Å². The maximum Gasteiger partial charge on any atom is 0.252 e. The molecule has 0 saturated heterocycles. The number of benzene rings is 1. The van der Waals surface area contributed by atoms with Crippen molar-refractivity contribution in [3.8, 4) is 17.0 Å². The first kappa shape index (κ1) is 19.7. The summed E-state index contributed by atoms with van der Waals surface area (Å²) >= 11 is 0. The van der Waals surface area contributed by atoms with E-state index >= 15 is 0 Å². The van der Waals surface area contributed by atoms with Gasteiger partial charge in [-0.1, -0.05) is 0 Å². The van der Waals surface area contributed by atoms with Gasteiger partial charge in [-0.15, -0.1) is 10.2 Å². The predicted octanol–water partition coefficient (Wildman–Crippen LogP) is 2.96. The van der Waals surface area contributed by atoms with Gasteiger partial charge in [0, 0.05) is 23.7 Å². The van der Waals surface area contributed by atoms with Crippen molar-refractivity contribution >= 4 is 11.7 Å². The van der Waals surface area contributed by atoms with Gasteiger partial charge in [0.1, 0.15) is 23.6 Å². The average Bonchev–Trinajstić information content (AvgIpc) is 2.71. The van der Waals surface area contributed by atoms with Crippen LogP contribution in [0.3, 0.4) is 0 Å². The predicted molar refractivity (Wildman–Crippen MR) is 106 cm³/mol. The Hall–Kier alpha value is -3.62. The summed E-state index contributed by atoms with van der Waals surface area (Å²) in [6, 6.07) is 10.6. The van der Waals surface area contributed by atoms with Crippen LogP contribution in [-0.2, 0) is 5.41 Å². The minimum atomic E-state index is -0.990. The van der Waals surface area contributed by atoms with Crippen molar-refractivity contribution in [3.63, 3.8) is 0 Å². The van der Waals surface area contributed by atoms with Crippen molar-refractivity contribution in [2.45, 2.75) is 24.4 Å². The number of rotatable bonds is 6. The van der Waals surface area contributed by atoms with Crippen LogP contribution in [-0.4, -0.2) is 38.9 Å². The highest BCUT2D eigenvalue weighted by molar-refractivity contribution is 5.96. The number of aromatic hydroxyl groups is 1. The third-order valence-corrected chi connectivity index (χ3v) is 5.32. The van der Waals surface area contributed by atoms with E-state index in [0.717, 1.165) is 0 Å². The SMILES string of the molecule is NC(=O)c1cc(-c2ccc(NCC3(c4ncccc4F)CC(F)C3)nn2)ccc1O. The number of primary amides is 1. The molecule has 1 saturated carbocycles. The number of carbonyl (C=O) groups excluding carboxylic acids is 1. The monoisotopic (exact) mass is 411 g/mol. The molecule has 0 radical (unpaired) electrons. The molecule has 1 amide bonds. The molecule has 7 nitrogen and oxygen atoms in total. The largest absolute Gasteiger partial charge is 0.507 e. The molecule has 0 aliphatic heterocycles. The number of anilines is 1. The highest BCUT2D eigenvalue weighted by atomic mass is 19.1. The van der Waals surface area contributed by atoms with Gasteiger partial charge in [0.25, 0.3) is 5.91 Å². The fraction of sp³-hybridized carbons (Fsp3) is 0.238. The van der Waals surface area contributed by atoms with Gasteiger partial charge in [0.05, 0.1) is 17.0 Å². The summed E-state index contributed by atoms with van der Waals surface area (Å²) < 4.78 is 27.9. The smallest absolute Gasteiger partial charge is 0.252 e. The number of nitrogens with one attached hydrogen (secondary N) is 1. The third-order valence-electron chi connectivity index (χ3n) is 5.32. The summed E-state index contributed by atoms with van der Waals surface area (Å²) in [5.74, 6) is -0.980. The van der Waals surface area contributed by atoms with Crippen LogP contribution >= 0.6 is 0 Å². The van der Waals surface area contributed by atoms with Crippen LogP contribution in [0, 0.1) is 5.82 Å². The maximum atomic E-state index is 14.2.